The van der Waals surface area contributed by atoms with Gasteiger partial charge in [-0.2, -0.15) is 13.2 Å². The Kier molecular flexibility index (Phi) is 10.2. The zero-order chi connectivity index (χ0) is 32.9. The normalized spacial score (nSPS) is 12.7. The SMILES string of the molecule is CCCC(Cc1ccc(C(=O)NCCC(=O)O)cc1)C(=O)c1cc2ccc(C(F)(F)F)cc2n1Cc1ccc(C(C)(C)C)cc1. The summed E-state index contributed by atoms with van der Waals surface area (Å²) in [5.74, 6) is -1.97. The van der Waals surface area contributed by atoms with Crippen LogP contribution in [0.15, 0.2) is 72.8 Å². The Bertz CT molecular complexity index is 1660. The third kappa shape index (κ3) is 8.41. The number of carboxylic acid groups (broad SMARTS) is 1. The van der Waals surface area contributed by atoms with Crippen molar-refractivity contribution in [1.29, 1.82) is 0 Å². The van der Waals surface area contributed by atoms with E-state index in [9.17, 15) is 27.6 Å². The van der Waals surface area contributed by atoms with Crippen LogP contribution in [0.5, 0.6) is 0 Å². The number of fused-ring (bicyclic) bond motifs is 1. The van der Waals surface area contributed by atoms with Crippen LogP contribution in [0.4, 0.5) is 13.2 Å². The van der Waals surface area contributed by atoms with Gasteiger partial charge in [-0.15, -0.1) is 0 Å². The number of nitrogens with one attached hydrogen (secondary N) is 1. The third-order valence-electron chi connectivity index (χ3n) is 7.98. The average molecular weight is 621 g/mol. The van der Waals surface area contributed by atoms with Gasteiger partial charge in [0.25, 0.3) is 5.91 Å². The summed E-state index contributed by atoms with van der Waals surface area (Å²) in [6.07, 6.45) is -3.00. The van der Waals surface area contributed by atoms with Crippen molar-refractivity contribution in [2.24, 2.45) is 5.92 Å². The quantitative estimate of drug-likeness (QED) is 0.157. The van der Waals surface area contributed by atoms with Gasteiger partial charge >= 0.3 is 12.1 Å². The maximum absolute atomic E-state index is 14.2. The van der Waals surface area contributed by atoms with E-state index >= 15 is 0 Å². The minimum absolute atomic E-state index is 0.0161. The number of aliphatic carboxylic acids is 1. The lowest BCUT2D eigenvalue weighted by molar-refractivity contribution is -0.138. The van der Waals surface area contributed by atoms with Gasteiger partial charge in [0.1, 0.15) is 0 Å². The summed E-state index contributed by atoms with van der Waals surface area (Å²) in [7, 11) is 0. The molecule has 1 aromatic heterocycles. The molecule has 0 bridgehead atoms. The number of aromatic nitrogens is 1. The maximum atomic E-state index is 14.2. The van der Waals surface area contributed by atoms with E-state index in [1.54, 1.807) is 34.9 Å². The lowest BCUT2D eigenvalue weighted by Crippen LogP contribution is -2.26. The summed E-state index contributed by atoms with van der Waals surface area (Å²) < 4.78 is 42.8. The van der Waals surface area contributed by atoms with E-state index in [4.69, 9.17) is 5.11 Å². The number of amides is 1. The molecule has 1 amide bonds. The molecule has 238 valence electrons. The molecular weight excluding hydrogens is 581 g/mol. The van der Waals surface area contributed by atoms with E-state index in [2.05, 4.69) is 26.1 Å². The summed E-state index contributed by atoms with van der Waals surface area (Å²) >= 11 is 0. The predicted octanol–water partition coefficient (Wildman–Crippen LogP) is 8.05. The fourth-order valence-corrected chi connectivity index (χ4v) is 5.44. The molecule has 0 saturated heterocycles. The highest BCUT2D eigenvalue weighted by atomic mass is 19.4. The minimum atomic E-state index is -4.52. The number of ketones is 1. The number of carbonyl (C=O) groups excluding carboxylic acids is 2. The van der Waals surface area contributed by atoms with E-state index in [0.29, 0.717) is 35.0 Å². The van der Waals surface area contributed by atoms with Crippen LogP contribution in [-0.2, 0) is 29.4 Å². The fraction of sp³-hybridized carbons (Fsp3) is 0.361. The molecule has 4 rings (SSSR count). The fourth-order valence-electron chi connectivity index (χ4n) is 5.44. The number of carboxylic acids is 1. The van der Waals surface area contributed by atoms with Crippen molar-refractivity contribution < 1.29 is 32.7 Å². The highest BCUT2D eigenvalue weighted by Crippen LogP contribution is 2.34. The molecular formula is C36H39F3N2O4. The monoisotopic (exact) mass is 620 g/mol. The highest BCUT2D eigenvalue weighted by Gasteiger charge is 2.32. The number of carbonyl (C=O) groups is 3. The Hall–Kier alpha value is -4.40. The zero-order valence-corrected chi connectivity index (χ0v) is 26.0. The Morgan fingerprint density at radius 2 is 1.49 bits per heavy atom. The molecule has 0 aliphatic rings. The van der Waals surface area contributed by atoms with E-state index in [1.165, 1.54) is 6.07 Å². The number of hydrogen-bond acceptors (Lipinski definition) is 3. The molecule has 9 heteroatoms. The first kappa shape index (κ1) is 33.5. The van der Waals surface area contributed by atoms with Crippen molar-refractivity contribution in [3.63, 3.8) is 0 Å². The molecule has 0 spiro atoms. The van der Waals surface area contributed by atoms with Gasteiger partial charge in [-0.25, -0.2) is 0 Å². The van der Waals surface area contributed by atoms with E-state index in [1.807, 2.05) is 31.2 Å². The molecule has 2 N–H and O–H groups in total. The summed E-state index contributed by atoms with van der Waals surface area (Å²) in [6, 6.07) is 20.0. The first-order valence-electron chi connectivity index (χ1n) is 15.1. The number of alkyl halides is 3. The standard InChI is InChI=1S/C36H39F3N2O4/c1-5-6-27(19-23-7-11-25(12-8-23)34(45)40-18-17-32(42)43)33(44)31-20-26-13-16-29(36(37,38)39)21-30(26)41(31)22-24-9-14-28(15-10-24)35(2,3)4/h7-16,20-21,27H,5-6,17-19,22H2,1-4H3,(H,40,45)(H,42,43). The van der Waals surface area contributed by atoms with Gasteiger partial charge in [0.2, 0.25) is 0 Å². The molecule has 4 aromatic rings. The van der Waals surface area contributed by atoms with Gasteiger partial charge in [-0.3, -0.25) is 14.4 Å². The topological polar surface area (TPSA) is 88.4 Å². The number of nitrogens with zero attached hydrogens (tertiary/aromatic N) is 1. The van der Waals surface area contributed by atoms with E-state index in [0.717, 1.165) is 35.2 Å². The van der Waals surface area contributed by atoms with Crippen LogP contribution in [0, 0.1) is 5.92 Å². The summed E-state index contributed by atoms with van der Waals surface area (Å²) in [5, 5.41) is 11.9. The summed E-state index contributed by atoms with van der Waals surface area (Å²) in [6.45, 7) is 8.55. The molecule has 0 saturated carbocycles. The van der Waals surface area contributed by atoms with E-state index < -0.39 is 23.6 Å². The van der Waals surface area contributed by atoms with Crippen LogP contribution in [0.25, 0.3) is 10.9 Å². The molecule has 0 radical (unpaired) electrons. The Balaban J connectivity index is 1.66. The highest BCUT2D eigenvalue weighted by molar-refractivity contribution is 6.01. The molecule has 1 heterocycles. The van der Waals surface area contributed by atoms with Gasteiger partial charge in [0.15, 0.2) is 5.78 Å². The largest absolute Gasteiger partial charge is 0.481 e. The molecule has 0 aliphatic carbocycles. The third-order valence-corrected chi connectivity index (χ3v) is 7.98. The maximum Gasteiger partial charge on any atom is 0.416 e. The number of rotatable bonds is 12. The molecule has 1 atom stereocenters. The smallest absolute Gasteiger partial charge is 0.416 e. The molecule has 0 fully saturated rings. The Morgan fingerprint density at radius 1 is 0.867 bits per heavy atom. The van der Waals surface area contributed by atoms with Crippen molar-refractivity contribution in [3.8, 4) is 0 Å². The lowest BCUT2D eigenvalue weighted by Gasteiger charge is -2.20. The summed E-state index contributed by atoms with van der Waals surface area (Å²) in [4.78, 5) is 37.2. The summed E-state index contributed by atoms with van der Waals surface area (Å²) in [5.41, 5.74) is 3.09. The predicted molar refractivity (Wildman–Crippen MR) is 169 cm³/mol. The minimum Gasteiger partial charge on any atom is -0.481 e. The zero-order valence-electron chi connectivity index (χ0n) is 26.0. The van der Waals surface area contributed by atoms with Crippen molar-refractivity contribution in [1.82, 2.24) is 9.88 Å². The van der Waals surface area contributed by atoms with E-state index in [-0.39, 0.29) is 36.6 Å². The van der Waals surface area contributed by atoms with Crippen LogP contribution in [-0.4, -0.2) is 33.9 Å². The molecule has 45 heavy (non-hydrogen) atoms. The second-order valence-electron chi connectivity index (χ2n) is 12.5. The van der Waals surface area contributed by atoms with Gasteiger partial charge in [0, 0.05) is 35.5 Å². The first-order valence-corrected chi connectivity index (χ1v) is 15.1. The number of Topliss-reactive ketones (excluding diaryl/α,β-unsaturated/α-hetero) is 1. The Morgan fingerprint density at radius 3 is 2.07 bits per heavy atom. The van der Waals surface area contributed by atoms with Crippen LogP contribution < -0.4 is 5.32 Å². The molecule has 6 nitrogen and oxygen atoms in total. The van der Waals surface area contributed by atoms with Crippen LogP contribution in [0.1, 0.15) is 90.1 Å². The number of benzene rings is 3. The van der Waals surface area contributed by atoms with Gasteiger partial charge in [-0.05, 0) is 65.3 Å². The average Bonchev–Trinajstić information content (AvgIpc) is 3.33. The second-order valence-corrected chi connectivity index (χ2v) is 12.5. The van der Waals surface area contributed by atoms with Crippen molar-refractivity contribution in [2.75, 3.05) is 6.54 Å². The van der Waals surface area contributed by atoms with Gasteiger partial charge < -0.3 is 15.0 Å². The number of halogens is 3. The first-order chi connectivity index (χ1) is 21.2. The van der Waals surface area contributed by atoms with Crippen molar-refractivity contribution in [2.45, 2.75) is 71.5 Å². The van der Waals surface area contributed by atoms with Gasteiger partial charge in [0.05, 0.1) is 17.7 Å². The second kappa shape index (κ2) is 13.7. The van der Waals surface area contributed by atoms with Crippen LogP contribution >= 0.6 is 0 Å². The lowest BCUT2D eigenvalue weighted by atomic mass is 9.86. The van der Waals surface area contributed by atoms with Crippen LogP contribution in [0.2, 0.25) is 0 Å². The molecule has 1 unspecified atom stereocenters. The van der Waals surface area contributed by atoms with Crippen LogP contribution in [0.3, 0.4) is 0 Å². The molecule has 0 aliphatic heterocycles. The van der Waals surface area contributed by atoms with Crippen molar-refractivity contribution in [3.05, 3.63) is 106 Å². The van der Waals surface area contributed by atoms with Crippen molar-refractivity contribution >= 4 is 28.6 Å². The van der Waals surface area contributed by atoms with Gasteiger partial charge in [-0.1, -0.05) is 76.6 Å². The Labute approximate surface area is 261 Å². The molecule has 3 aromatic carbocycles. The number of hydrogen-bond donors (Lipinski definition) is 2.